The van der Waals surface area contributed by atoms with Gasteiger partial charge in [0, 0.05) is 5.56 Å². The number of benzene rings is 2. The van der Waals surface area contributed by atoms with E-state index < -0.39 is 49.9 Å². The molecule has 1 fully saturated rings. The van der Waals surface area contributed by atoms with Crippen molar-refractivity contribution in [3.63, 3.8) is 0 Å². The maximum absolute atomic E-state index is 12.8. The molecule has 2 aromatic carbocycles. The molecule has 2 aromatic rings. The number of hydrogen-bond acceptors (Lipinski definition) is 12. The molecular weight excluding hydrogens is 456 g/mol. The summed E-state index contributed by atoms with van der Waals surface area (Å²) in [5.74, 6) is -1.44. The number of hydrogen-bond donors (Lipinski definition) is 6. The normalized spacial score (nSPS) is 24.4. The van der Waals surface area contributed by atoms with Gasteiger partial charge in [0.1, 0.15) is 53.8 Å². The summed E-state index contributed by atoms with van der Waals surface area (Å²) in [5.41, 5.74) is -0.00930. The Hall–Kier alpha value is -3.29. The highest BCUT2D eigenvalue weighted by Gasteiger charge is 2.44. The lowest BCUT2D eigenvalue weighted by Crippen LogP contribution is -2.60. The van der Waals surface area contributed by atoms with E-state index in [1.165, 1.54) is 44.6 Å². The summed E-state index contributed by atoms with van der Waals surface area (Å²) < 4.78 is 26.5. The second kappa shape index (κ2) is 10.8. The van der Waals surface area contributed by atoms with Gasteiger partial charge < -0.3 is 54.3 Å². The molecule has 0 radical (unpaired) electrons. The van der Waals surface area contributed by atoms with Crippen LogP contribution in [0.2, 0.25) is 0 Å². The zero-order valence-corrected chi connectivity index (χ0v) is 18.3. The first-order valence-electron chi connectivity index (χ1n) is 10.1. The number of carbonyl (C=O) groups is 1. The number of aromatic hydroxyl groups is 2. The highest BCUT2D eigenvalue weighted by Crippen LogP contribution is 2.37. The van der Waals surface area contributed by atoms with E-state index in [4.69, 9.17) is 23.7 Å². The van der Waals surface area contributed by atoms with Gasteiger partial charge in [-0.3, -0.25) is 0 Å². The number of carbonyl (C=O) groups excluding carboxylic acids is 1. The molecule has 34 heavy (non-hydrogen) atoms. The van der Waals surface area contributed by atoms with Crippen molar-refractivity contribution < 1.29 is 59.1 Å². The van der Waals surface area contributed by atoms with Crippen molar-refractivity contribution in [2.24, 2.45) is 0 Å². The van der Waals surface area contributed by atoms with Crippen molar-refractivity contribution in [1.82, 2.24) is 0 Å². The lowest BCUT2D eigenvalue weighted by molar-refractivity contribution is -0.277. The van der Waals surface area contributed by atoms with E-state index in [0.717, 1.165) is 0 Å². The van der Waals surface area contributed by atoms with Gasteiger partial charge in [0.25, 0.3) is 0 Å². The quantitative estimate of drug-likeness (QED) is 0.269. The second-order valence-electron chi connectivity index (χ2n) is 7.38. The summed E-state index contributed by atoms with van der Waals surface area (Å²) in [4.78, 5) is 12.8. The Bertz CT molecular complexity index is 1010. The van der Waals surface area contributed by atoms with Crippen LogP contribution in [0.5, 0.6) is 28.7 Å². The zero-order chi connectivity index (χ0) is 25.0. The van der Waals surface area contributed by atoms with E-state index in [1.807, 2.05) is 0 Å². The molecule has 0 amide bonds. The summed E-state index contributed by atoms with van der Waals surface area (Å²) in [7, 11) is 2.58. The number of methoxy groups -OCH3 is 2. The number of phenolic OH excluding ortho intramolecular Hbond substituents is 2. The van der Waals surface area contributed by atoms with Gasteiger partial charge in [0.15, 0.2) is 11.5 Å². The standard InChI is InChI=1S/C22H26O12/c1-30-14-6-4-12(25)20(31-2)16(14)21(29)32-9-10-7-11(24)3-5-13(10)33-22-19(28)18(27)17(26)15(8-23)34-22/h3-7,15,17-19,22-28H,8-9H2,1-2H3/t15-,17-,18+,19-,22+/m1/s1. The smallest absolute Gasteiger partial charge is 0.346 e. The zero-order valence-electron chi connectivity index (χ0n) is 18.3. The third-order valence-corrected chi connectivity index (χ3v) is 5.22. The molecular formula is C22H26O12. The molecule has 186 valence electrons. The molecule has 3 rings (SSSR count). The third kappa shape index (κ3) is 5.11. The number of aliphatic hydroxyl groups is 4. The number of aliphatic hydroxyl groups excluding tert-OH is 4. The van der Waals surface area contributed by atoms with Gasteiger partial charge in [-0.1, -0.05) is 0 Å². The van der Waals surface area contributed by atoms with E-state index in [2.05, 4.69) is 0 Å². The molecule has 1 heterocycles. The van der Waals surface area contributed by atoms with E-state index in [0.29, 0.717) is 0 Å². The van der Waals surface area contributed by atoms with Gasteiger partial charge in [0.05, 0.1) is 20.8 Å². The Labute approximate surface area is 194 Å². The topological polar surface area (TPSA) is 185 Å². The first-order chi connectivity index (χ1) is 16.2. The molecule has 1 aliphatic heterocycles. The average Bonchev–Trinajstić information content (AvgIpc) is 2.83. The van der Waals surface area contributed by atoms with E-state index in [9.17, 15) is 35.4 Å². The molecule has 0 aliphatic carbocycles. The van der Waals surface area contributed by atoms with Crippen LogP contribution in [-0.2, 0) is 16.1 Å². The van der Waals surface area contributed by atoms with Crippen molar-refractivity contribution in [3.05, 3.63) is 41.5 Å². The van der Waals surface area contributed by atoms with Gasteiger partial charge in [0.2, 0.25) is 6.29 Å². The summed E-state index contributed by atoms with van der Waals surface area (Å²) in [6.07, 6.45) is -7.55. The van der Waals surface area contributed by atoms with Crippen molar-refractivity contribution in [2.75, 3.05) is 20.8 Å². The highest BCUT2D eigenvalue weighted by molar-refractivity contribution is 5.96. The fourth-order valence-electron chi connectivity index (χ4n) is 3.42. The number of rotatable bonds is 8. The van der Waals surface area contributed by atoms with Gasteiger partial charge in [-0.25, -0.2) is 4.79 Å². The van der Waals surface area contributed by atoms with E-state index >= 15 is 0 Å². The minimum atomic E-state index is -1.66. The van der Waals surface area contributed by atoms with Crippen molar-refractivity contribution >= 4 is 5.97 Å². The molecule has 1 saturated heterocycles. The van der Waals surface area contributed by atoms with Crippen LogP contribution in [0.1, 0.15) is 15.9 Å². The first-order valence-corrected chi connectivity index (χ1v) is 10.1. The van der Waals surface area contributed by atoms with Crippen molar-refractivity contribution in [3.8, 4) is 28.7 Å². The average molecular weight is 482 g/mol. The fraction of sp³-hybridized carbons (Fsp3) is 0.409. The monoisotopic (exact) mass is 482 g/mol. The minimum Gasteiger partial charge on any atom is -0.508 e. The van der Waals surface area contributed by atoms with Crippen molar-refractivity contribution in [1.29, 1.82) is 0 Å². The predicted molar refractivity (Wildman–Crippen MR) is 113 cm³/mol. The molecule has 0 bridgehead atoms. The fourth-order valence-corrected chi connectivity index (χ4v) is 3.42. The maximum Gasteiger partial charge on any atom is 0.346 e. The van der Waals surface area contributed by atoms with Crippen LogP contribution in [0.15, 0.2) is 30.3 Å². The van der Waals surface area contributed by atoms with Crippen LogP contribution < -0.4 is 14.2 Å². The van der Waals surface area contributed by atoms with Gasteiger partial charge in [-0.2, -0.15) is 0 Å². The Kier molecular flexibility index (Phi) is 8.02. The molecule has 0 aromatic heterocycles. The van der Waals surface area contributed by atoms with Crippen LogP contribution in [0.25, 0.3) is 0 Å². The summed E-state index contributed by atoms with van der Waals surface area (Å²) in [5, 5.41) is 59.3. The van der Waals surface area contributed by atoms with Crippen LogP contribution in [0, 0.1) is 0 Å². The summed E-state index contributed by atoms with van der Waals surface area (Å²) >= 11 is 0. The molecule has 1 aliphatic rings. The Morgan fingerprint density at radius 3 is 2.32 bits per heavy atom. The van der Waals surface area contributed by atoms with Gasteiger partial charge >= 0.3 is 5.97 Å². The van der Waals surface area contributed by atoms with Gasteiger partial charge in [-0.15, -0.1) is 0 Å². The number of ether oxygens (including phenoxy) is 5. The van der Waals surface area contributed by atoms with Crippen LogP contribution in [-0.4, -0.2) is 88.1 Å². The highest BCUT2D eigenvalue weighted by atomic mass is 16.7. The second-order valence-corrected chi connectivity index (χ2v) is 7.38. The largest absolute Gasteiger partial charge is 0.508 e. The molecule has 0 unspecified atom stereocenters. The number of esters is 1. The molecule has 6 N–H and O–H groups in total. The predicted octanol–water partition coefficient (Wildman–Crippen LogP) is -0.349. The molecule has 5 atom stereocenters. The lowest BCUT2D eigenvalue weighted by atomic mass is 9.99. The summed E-state index contributed by atoms with van der Waals surface area (Å²) in [6.45, 7) is -1.07. The van der Waals surface area contributed by atoms with Crippen LogP contribution in [0.4, 0.5) is 0 Å². The lowest BCUT2D eigenvalue weighted by Gasteiger charge is -2.39. The Morgan fingerprint density at radius 2 is 1.68 bits per heavy atom. The molecule has 12 heteroatoms. The minimum absolute atomic E-state index is 0.0183. The van der Waals surface area contributed by atoms with Crippen LogP contribution >= 0.6 is 0 Å². The molecule has 12 nitrogen and oxygen atoms in total. The third-order valence-electron chi connectivity index (χ3n) is 5.22. The molecule has 0 saturated carbocycles. The SMILES string of the molecule is COc1ccc(O)c(OC)c1C(=O)OCc1cc(O)ccc1O[C@H]1O[C@H](CO)[C@@H](O)[C@H](O)[C@H]1O. The number of phenols is 2. The first kappa shape index (κ1) is 25.3. The summed E-state index contributed by atoms with van der Waals surface area (Å²) in [6, 6.07) is 6.47. The van der Waals surface area contributed by atoms with E-state index in [1.54, 1.807) is 0 Å². The Morgan fingerprint density at radius 1 is 0.971 bits per heavy atom. The van der Waals surface area contributed by atoms with Crippen molar-refractivity contribution in [2.45, 2.75) is 37.3 Å². The van der Waals surface area contributed by atoms with Crippen LogP contribution in [0.3, 0.4) is 0 Å². The van der Waals surface area contributed by atoms with E-state index in [-0.39, 0.29) is 39.9 Å². The Balaban J connectivity index is 1.82. The van der Waals surface area contributed by atoms with Gasteiger partial charge in [-0.05, 0) is 30.3 Å². The molecule has 0 spiro atoms. The maximum atomic E-state index is 12.8.